The Labute approximate surface area is 124 Å². The van der Waals surface area contributed by atoms with Crippen LogP contribution >= 0.6 is 11.6 Å². The van der Waals surface area contributed by atoms with E-state index in [1.165, 1.54) is 12.8 Å². The number of ether oxygens (including phenoxy) is 1. The Morgan fingerprint density at radius 3 is 2.90 bits per heavy atom. The van der Waals surface area contributed by atoms with Crippen molar-refractivity contribution in [1.82, 2.24) is 9.55 Å². The molecule has 0 aliphatic heterocycles. The molecule has 0 spiro atoms. The molecule has 4 heteroatoms. The van der Waals surface area contributed by atoms with Crippen molar-refractivity contribution in [3.05, 3.63) is 24.0 Å². The number of aromatic nitrogens is 2. The number of para-hydroxylation sites is 1. The molecule has 1 aromatic heterocycles. The van der Waals surface area contributed by atoms with Crippen molar-refractivity contribution < 1.29 is 4.74 Å². The van der Waals surface area contributed by atoms with E-state index in [0.717, 1.165) is 41.6 Å². The van der Waals surface area contributed by atoms with Crippen molar-refractivity contribution in [2.45, 2.75) is 45.0 Å². The maximum atomic E-state index is 6.11. The van der Waals surface area contributed by atoms with Gasteiger partial charge in [0, 0.05) is 6.04 Å². The lowest BCUT2D eigenvalue weighted by Gasteiger charge is -2.16. The van der Waals surface area contributed by atoms with Crippen molar-refractivity contribution in [3.63, 3.8) is 0 Å². The van der Waals surface area contributed by atoms with Crippen LogP contribution in [0.2, 0.25) is 0 Å². The lowest BCUT2D eigenvalue weighted by atomic mass is 10.2. The molecule has 1 heterocycles. The number of benzene rings is 1. The third-order valence-electron chi connectivity index (χ3n) is 4.05. The number of nitrogens with zero attached hydrogens (tertiary/aromatic N) is 2. The second kappa shape index (κ2) is 5.65. The number of hydrogen-bond acceptors (Lipinski definition) is 2. The van der Waals surface area contributed by atoms with Crippen LogP contribution in [0.5, 0.6) is 5.75 Å². The summed E-state index contributed by atoms with van der Waals surface area (Å²) in [5, 5.41) is 0. The standard InChI is InChI=1S/C16H21ClN2O/c1-3-9-20-14-6-4-5-13-16(14)18-15(10-17)19(13)11(2)12-7-8-12/h4-6,11-12H,3,7-10H2,1-2H3. The summed E-state index contributed by atoms with van der Waals surface area (Å²) in [5.41, 5.74) is 2.10. The Morgan fingerprint density at radius 1 is 1.45 bits per heavy atom. The number of halogens is 1. The molecule has 1 aliphatic rings. The molecule has 0 N–H and O–H groups in total. The quantitative estimate of drug-likeness (QED) is 0.731. The van der Waals surface area contributed by atoms with Crippen molar-refractivity contribution in [2.75, 3.05) is 6.61 Å². The molecule has 3 rings (SSSR count). The smallest absolute Gasteiger partial charge is 0.147 e. The van der Waals surface area contributed by atoms with Gasteiger partial charge in [0.15, 0.2) is 0 Å². The van der Waals surface area contributed by atoms with Crippen LogP contribution in [0.25, 0.3) is 11.0 Å². The van der Waals surface area contributed by atoms with E-state index in [1.54, 1.807) is 0 Å². The maximum Gasteiger partial charge on any atom is 0.147 e. The Balaban J connectivity index is 2.08. The number of fused-ring (bicyclic) bond motifs is 1. The minimum atomic E-state index is 0.443. The minimum absolute atomic E-state index is 0.443. The number of rotatable bonds is 6. The molecule has 0 saturated heterocycles. The Morgan fingerprint density at radius 2 is 2.25 bits per heavy atom. The van der Waals surface area contributed by atoms with E-state index in [2.05, 4.69) is 24.5 Å². The van der Waals surface area contributed by atoms with Crippen LogP contribution < -0.4 is 4.74 Å². The minimum Gasteiger partial charge on any atom is -0.491 e. The van der Waals surface area contributed by atoms with E-state index in [9.17, 15) is 0 Å². The first-order valence-corrected chi connectivity index (χ1v) is 7.98. The van der Waals surface area contributed by atoms with E-state index in [-0.39, 0.29) is 0 Å². The van der Waals surface area contributed by atoms with E-state index in [0.29, 0.717) is 11.9 Å². The average molecular weight is 293 g/mol. The van der Waals surface area contributed by atoms with Gasteiger partial charge in [-0.3, -0.25) is 0 Å². The molecular formula is C16H21ClN2O. The van der Waals surface area contributed by atoms with Crippen molar-refractivity contribution in [3.8, 4) is 5.75 Å². The Hall–Kier alpha value is -1.22. The lowest BCUT2D eigenvalue weighted by molar-refractivity contribution is 0.320. The lowest BCUT2D eigenvalue weighted by Crippen LogP contribution is -2.10. The molecule has 1 fully saturated rings. The second-order valence-electron chi connectivity index (χ2n) is 5.58. The monoisotopic (exact) mass is 292 g/mol. The summed E-state index contributed by atoms with van der Waals surface area (Å²) in [5.74, 6) is 3.04. The number of alkyl halides is 1. The van der Waals surface area contributed by atoms with Gasteiger partial charge in [-0.25, -0.2) is 4.98 Å². The summed E-state index contributed by atoms with van der Waals surface area (Å²) in [4.78, 5) is 4.72. The van der Waals surface area contributed by atoms with Gasteiger partial charge in [0.1, 0.15) is 17.1 Å². The summed E-state index contributed by atoms with van der Waals surface area (Å²) in [6, 6.07) is 6.63. The largest absolute Gasteiger partial charge is 0.491 e. The molecule has 1 saturated carbocycles. The summed E-state index contributed by atoms with van der Waals surface area (Å²) in [7, 11) is 0. The first kappa shape index (κ1) is 13.7. The predicted octanol–water partition coefficient (Wildman–Crippen LogP) is 4.53. The molecule has 0 radical (unpaired) electrons. The van der Waals surface area contributed by atoms with Gasteiger partial charge in [0.05, 0.1) is 18.0 Å². The Bertz CT molecular complexity index is 604. The first-order valence-electron chi connectivity index (χ1n) is 7.44. The maximum absolute atomic E-state index is 6.11. The van der Waals surface area contributed by atoms with E-state index >= 15 is 0 Å². The van der Waals surface area contributed by atoms with Gasteiger partial charge >= 0.3 is 0 Å². The van der Waals surface area contributed by atoms with Gasteiger partial charge < -0.3 is 9.30 Å². The molecule has 1 unspecified atom stereocenters. The summed E-state index contributed by atoms with van der Waals surface area (Å²) >= 11 is 6.11. The van der Waals surface area contributed by atoms with Crippen LogP contribution in [-0.4, -0.2) is 16.2 Å². The zero-order chi connectivity index (χ0) is 14.1. The van der Waals surface area contributed by atoms with Crippen LogP contribution in [0.4, 0.5) is 0 Å². The molecule has 0 amide bonds. The number of hydrogen-bond donors (Lipinski definition) is 0. The highest BCUT2D eigenvalue weighted by molar-refractivity contribution is 6.16. The van der Waals surface area contributed by atoms with Crippen molar-refractivity contribution in [1.29, 1.82) is 0 Å². The van der Waals surface area contributed by atoms with Gasteiger partial charge in [-0.15, -0.1) is 11.6 Å². The fourth-order valence-electron chi connectivity index (χ4n) is 2.81. The zero-order valence-electron chi connectivity index (χ0n) is 12.1. The molecule has 0 bridgehead atoms. The summed E-state index contributed by atoms with van der Waals surface area (Å²) < 4.78 is 8.12. The van der Waals surface area contributed by atoms with Gasteiger partial charge in [0.25, 0.3) is 0 Å². The third kappa shape index (κ3) is 2.39. The van der Waals surface area contributed by atoms with Gasteiger partial charge in [-0.05, 0) is 44.2 Å². The highest BCUT2D eigenvalue weighted by atomic mass is 35.5. The molecule has 20 heavy (non-hydrogen) atoms. The third-order valence-corrected chi connectivity index (χ3v) is 4.29. The Kier molecular flexibility index (Phi) is 3.88. The summed E-state index contributed by atoms with van der Waals surface area (Å²) in [6.07, 6.45) is 3.63. The molecule has 1 aliphatic carbocycles. The fraction of sp³-hybridized carbons (Fsp3) is 0.562. The topological polar surface area (TPSA) is 27.1 Å². The number of imidazole rings is 1. The fourth-order valence-corrected chi connectivity index (χ4v) is 2.99. The van der Waals surface area contributed by atoms with Crippen LogP contribution in [-0.2, 0) is 5.88 Å². The molecule has 108 valence electrons. The van der Waals surface area contributed by atoms with Gasteiger partial charge in [0.2, 0.25) is 0 Å². The van der Waals surface area contributed by atoms with Crippen LogP contribution in [0.1, 0.15) is 45.0 Å². The highest BCUT2D eigenvalue weighted by Crippen LogP contribution is 2.42. The summed E-state index contributed by atoms with van der Waals surface area (Å²) in [6.45, 7) is 5.10. The normalized spacial score (nSPS) is 16.6. The predicted molar refractivity (Wildman–Crippen MR) is 82.5 cm³/mol. The van der Waals surface area contributed by atoms with Crippen LogP contribution in [0.3, 0.4) is 0 Å². The average Bonchev–Trinajstić information content (AvgIpc) is 3.24. The molecule has 1 atom stereocenters. The van der Waals surface area contributed by atoms with Crippen LogP contribution in [0, 0.1) is 5.92 Å². The van der Waals surface area contributed by atoms with Crippen LogP contribution in [0.15, 0.2) is 18.2 Å². The van der Waals surface area contributed by atoms with E-state index < -0.39 is 0 Å². The molecular weight excluding hydrogens is 272 g/mol. The van der Waals surface area contributed by atoms with Crippen molar-refractivity contribution in [2.24, 2.45) is 5.92 Å². The second-order valence-corrected chi connectivity index (χ2v) is 5.85. The van der Waals surface area contributed by atoms with E-state index in [1.807, 2.05) is 12.1 Å². The molecule has 1 aromatic carbocycles. The molecule has 3 nitrogen and oxygen atoms in total. The SMILES string of the molecule is CCCOc1cccc2c1nc(CCl)n2C(C)C1CC1. The van der Waals surface area contributed by atoms with Crippen molar-refractivity contribution >= 4 is 22.6 Å². The van der Waals surface area contributed by atoms with Gasteiger partial charge in [-0.1, -0.05) is 13.0 Å². The molecule has 2 aromatic rings. The first-order chi connectivity index (χ1) is 9.76. The zero-order valence-corrected chi connectivity index (χ0v) is 12.9. The van der Waals surface area contributed by atoms with Gasteiger partial charge in [-0.2, -0.15) is 0 Å². The van der Waals surface area contributed by atoms with E-state index in [4.69, 9.17) is 21.3 Å². The highest BCUT2D eigenvalue weighted by Gasteiger charge is 2.31.